The molecule has 1 aliphatic carbocycles. The highest BCUT2D eigenvalue weighted by atomic mass is 32.2. The van der Waals surface area contributed by atoms with Gasteiger partial charge in [-0.3, -0.25) is 47.9 Å². The molecule has 0 spiro atoms. The summed E-state index contributed by atoms with van der Waals surface area (Å²) < 4.78 is 55.1. The van der Waals surface area contributed by atoms with Gasteiger partial charge in [0, 0.05) is 55.4 Å². The summed E-state index contributed by atoms with van der Waals surface area (Å²) in [6.45, 7) is 6.24. The monoisotopic (exact) mass is 946 g/mol. The number of allylic oxidation sites excluding steroid dienone is 2. The van der Waals surface area contributed by atoms with E-state index in [-0.39, 0.29) is 23.5 Å². The van der Waals surface area contributed by atoms with Crippen molar-refractivity contribution in [2.45, 2.75) is 115 Å². The molecule has 24 nitrogen and oxygen atoms in total. The number of aromatic hydroxyl groups is 4. The predicted octanol–water partition coefficient (Wildman–Crippen LogP) is 0.732. The summed E-state index contributed by atoms with van der Waals surface area (Å²) in [5.74, 6) is -16.4. The lowest BCUT2D eigenvalue weighted by Crippen LogP contribution is -2.61. The van der Waals surface area contributed by atoms with E-state index in [1.54, 1.807) is 0 Å². The van der Waals surface area contributed by atoms with Crippen LogP contribution in [0.3, 0.4) is 0 Å². The number of benzene rings is 1. The van der Waals surface area contributed by atoms with E-state index in [9.17, 15) is 68.4 Å². The highest BCUT2D eigenvalue weighted by Gasteiger charge is 2.56. The maximum Gasteiger partial charge on any atom is 0.303 e. The maximum absolute atomic E-state index is 14.7. The van der Waals surface area contributed by atoms with E-state index in [1.165, 1.54) is 0 Å². The van der Waals surface area contributed by atoms with Gasteiger partial charge in [0.2, 0.25) is 23.1 Å². The minimum absolute atomic E-state index is 0.221. The Morgan fingerprint density at radius 3 is 0.953 bits per heavy atom. The van der Waals surface area contributed by atoms with E-state index in [0.717, 1.165) is 55.4 Å². The SMILES string of the molecule is CC(=O)OCC1OC(SC2=C(SC3OC(COC(C)=O)C(OC(C)=O)C(OC(C)=O)C3OC(C)=O)C(=O)c3c(O)c(O)c(O)c(O)c3C2=O)C(OC(C)=O)C(OC(C)=O)C1OC(C)=O. The van der Waals surface area contributed by atoms with Crippen molar-refractivity contribution >= 4 is 82.8 Å². The molecule has 2 fully saturated rings. The number of hydrogen-bond acceptors (Lipinski definition) is 26. The van der Waals surface area contributed by atoms with Gasteiger partial charge in [-0.2, -0.15) is 0 Å². The van der Waals surface area contributed by atoms with Gasteiger partial charge in [-0.25, -0.2) is 0 Å². The molecule has 1 aromatic rings. The smallest absolute Gasteiger partial charge is 0.303 e. The number of rotatable bonds is 14. The van der Waals surface area contributed by atoms with Gasteiger partial charge in [0.1, 0.15) is 36.3 Å². The van der Waals surface area contributed by atoms with Gasteiger partial charge in [0.25, 0.3) is 0 Å². The lowest BCUT2D eigenvalue weighted by Gasteiger charge is -2.45. The number of carbonyl (C=O) groups excluding carboxylic acids is 10. The number of fused-ring (bicyclic) bond motifs is 1. The van der Waals surface area contributed by atoms with Crippen molar-refractivity contribution < 1.29 is 116 Å². The molecule has 350 valence electrons. The number of hydrogen-bond donors (Lipinski definition) is 4. The Labute approximate surface area is 370 Å². The summed E-state index contributed by atoms with van der Waals surface area (Å²) in [4.78, 5) is 126. The second kappa shape index (κ2) is 21.0. The summed E-state index contributed by atoms with van der Waals surface area (Å²) in [7, 11) is 0. The van der Waals surface area contributed by atoms with Crippen LogP contribution in [0.4, 0.5) is 0 Å². The van der Waals surface area contributed by atoms with Gasteiger partial charge in [0.15, 0.2) is 48.1 Å². The normalized spacial score (nSPS) is 26.4. The molecule has 64 heavy (non-hydrogen) atoms. The molecular formula is C38H42O24S2. The molecule has 0 bridgehead atoms. The summed E-state index contributed by atoms with van der Waals surface area (Å²) in [5, 5.41) is 42.8. The minimum Gasteiger partial charge on any atom is -0.504 e. The summed E-state index contributed by atoms with van der Waals surface area (Å²) in [5.41, 5.74) is -5.86. The van der Waals surface area contributed by atoms with Crippen molar-refractivity contribution in [2.75, 3.05) is 13.2 Å². The number of esters is 8. The number of carbonyl (C=O) groups is 10. The van der Waals surface area contributed by atoms with Crippen LogP contribution in [0.1, 0.15) is 76.1 Å². The maximum atomic E-state index is 14.7. The van der Waals surface area contributed by atoms with E-state index in [2.05, 4.69) is 0 Å². The zero-order chi connectivity index (χ0) is 48.1. The second-order valence-corrected chi connectivity index (χ2v) is 16.0. The Kier molecular flexibility index (Phi) is 16.6. The molecule has 3 aliphatic rings. The molecule has 0 aromatic heterocycles. The van der Waals surface area contributed by atoms with Crippen molar-refractivity contribution in [1.29, 1.82) is 0 Å². The molecule has 2 saturated heterocycles. The summed E-state index contributed by atoms with van der Waals surface area (Å²) in [6, 6.07) is 0. The Morgan fingerprint density at radius 2 is 0.688 bits per heavy atom. The molecule has 4 rings (SSSR count). The number of ketones is 2. The van der Waals surface area contributed by atoms with Crippen molar-refractivity contribution in [3.8, 4) is 23.0 Å². The van der Waals surface area contributed by atoms with Gasteiger partial charge in [-0.1, -0.05) is 23.5 Å². The molecule has 2 heterocycles. The van der Waals surface area contributed by atoms with E-state index >= 15 is 0 Å². The van der Waals surface area contributed by atoms with Crippen LogP contribution in [0.5, 0.6) is 23.0 Å². The fourth-order valence-corrected chi connectivity index (χ4v) is 9.24. The standard InChI is InChI=1S/C38H42O24S2/c1-11(39)53-9-19-29(55-13(3)41)31(57-15(5)43)33(59-17(7)45)37(61-19)63-35-25(49)21-22(24(48)28(52)27(51)23(21)47)26(50)36(35)64-38-34(60-18(8)46)32(58-16(6)44)30(56-14(4)42)20(62-38)10-54-12(2)40/h19-20,29-34,37-38,47-48,51-52H,9-10H2,1-8H3. The van der Waals surface area contributed by atoms with Gasteiger partial charge in [-0.15, -0.1) is 0 Å². The largest absolute Gasteiger partial charge is 0.504 e. The van der Waals surface area contributed by atoms with E-state index in [4.69, 9.17) is 47.4 Å². The van der Waals surface area contributed by atoms with Crippen LogP contribution >= 0.6 is 23.5 Å². The van der Waals surface area contributed by atoms with Gasteiger partial charge in [-0.05, 0) is 0 Å². The van der Waals surface area contributed by atoms with Gasteiger partial charge < -0.3 is 67.8 Å². The number of phenolic OH excluding ortho intramolecular Hbond substituents is 4. The molecule has 4 N–H and O–H groups in total. The first kappa shape index (κ1) is 50.5. The first-order valence-corrected chi connectivity index (χ1v) is 20.4. The molecule has 0 saturated carbocycles. The van der Waals surface area contributed by atoms with Crippen LogP contribution in [0.15, 0.2) is 9.81 Å². The fraction of sp³-hybridized carbons (Fsp3) is 0.526. The van der Waals surface area contributed by atoms with Gasteiger partial charge >= 0.3 is 47.8 Å². The van der Waals surface area contributed by atoms with Crippen molar-refractivity contribution in [1.82, 2.24) is 0 Å². The lowest BCUT2D eigenvalue weighted by atomic mass is 9.91. The third-order valence-electron chi connectivity index (χ3n) is 8.83. The molecule has 0 amide bonds. The third kappa shape index (κ3) is 11.7. The number of phenols is 4. The van der Waals surface area contributed by atoms with Crippen LogP contribution in [0.25, 0.3) is 0 Å². The number of Topliss-reactive ketones (excluding diaryl/α,β-unsaturated/α-hetero) is 2. The molecule has 1 aromatic carbocycles. The Morgan fingerprint density at radius 1 is 0.422 bits per heavy atom. The minimum atomic E-state index is -1.87. The Bertz CT molecular complexity index is 2000. The van der Waals surface area contributed by atoms with Crippen molar-refractivity contribution in [3.05, 3.63) is 20.9 Å². The van der Waals surface area contributed by atoms with Gasteiger partial charge in [0.05, 0.1) is 20.9 Å². The molecule has 10 atom stereocenters. The third-order valence-corrected chi connectivity index (χ3v) is 11.4. The molecular weight excluding hydrogens is 905 g/mol. The molecule has 10 unspecified atom stereocenters. The molecule has 26 heteroatoms. The quantitative estimate of drug-likeness (QED) is 0.0864. The highest BCUT2D eigenvalue weighted by Crippen LogP contribution is 2.54. The zero-order valence-electron chi connectivity index (χ0n) is 35.0. The summed E-state index contributed by atoms with van der Waals surface area (Å²) >= 11 is 0.442. The molecule has 2 aliphatic heterocycles. The van der Waals surface area contributed by atoms with Crippen molar-refractivity contribution in [3.63, 3.8) is 0 Å². The zero-order valence-corrected chi connectivity index (χ0v) is 36.6. The van der Waals surface area contributed by atoms with Crippen molar-refractivity contribution in [2.24, 2.45) is 0 Å². The van der Waals surface area contributed by atoms with E-state index in [0.29, 0.717) is 0 Å². The first-order valence-electron chi connectivity index (χ1n) is 18.6. The highest BCUT2D eigenvalue weighted by molar-refractivity contribution is 8.08. The fourth-order valence-electron chi connectivity index (χ4n) is 6.59. The average molecular weight is 947 g/mol. The predicted molar refractivity (Wildman–Crippen MR) is 208 cm³/mol. The van der Waals surface area contributed by atoms with Crippen LogP contribution in [-0.2, 0) is 85.7 Å². The summed E-state index contributed by atoms with van der Waals surface area (Å²) in [6.07, 6.45) is -13.8. The van der Waals surface area contributed by atoms with Crippen LogP contribution in [0, 0.1) is 0 Å². The van der Waals surface area contributed by atoms with Crippen LogP contribution in [0.2, 0.25) is 0 Å². The topological polar surface area (TPSA) is 344 Å². The molecule has 0 radical (unpaired) electrons. The second-order valence-electron chi connectivity index (χ2n) is 13.8. The average Bonchev–Trinajstić information content (AvgIpc) is 3.17. The van der Waals surface area contributed by atoms with Crippen LogP contribution < -0.4 is 0 Å². The Balaban J connectivity index is 2.03. The lowest BCUT2D eigenvalue weighted by molar-refractivity contribution is -0.237. The number of thioether (sulfide) groups is 2. The first-order chi connectivity index (χ1) is 29.8. The van der Waals surface area contributed by atoms with E-state index in [1.807, 2.05) is 0 Å². The van der Waals surface area contributed by atoms with Crippen LogP contribution in [-0.4, -0.2) is 153 Å². The Hall–Kier alpha value is -6.12. The van der Waals surface area contributed by atoms with E-state index < -0.39 is 176 Å². The number of ether oxygens (including phenoxy) is 10.